The van der Waals surface area contributed by atoms with Crippen LogP contribution in [-0.2, 0) is 9.84 Å². The second kappa shape index (κ2) is 6.27. The summed E-state index contributed by atoms with van der Waals surface area (Å²) in [5, 5.41) is 9.11. The van der Waals surface area contributed by atoms with E-state index in [2.05, 4.69) is 0 Å². The molecule has 116 valence electrons. The molecule has 0 aliphatic rings. The number of carbonyl (C=O) groups is 1. The number of hydrogen-bond acceptors (Lipinski definition) is 4. The van der Waals surface area contributed by atoms with Crippen LogP contribution in [-0.4, -0.2) is 25.2 Å². The second-order valence-electron chi connectivity index (χ2n) is 5.37. The maximum Gasteiger partial charge on any atom is 0.223 e. The molecule has 1 heterocycles. The number of carbonyl (C=O) groups excluding carboxylic acids is 1. The average Bonchev–Trinajstić information content (AvgIpc) is 2.47. The Morgan fingerprint density at radius 1 is 1.09 bits per heavy atom. The molecule has 5 nitrogen and oxygen atoms in total. The van der Waals surface area contributed by atoms with E-state index >= 15 is 0 Å². The van der Waals surface area contributed by atoms with Gasteiger partial charge in [-0.25, -0.2) is 8.42 Å². The third kappa shape index (κ3) is 3.71. The number of nitrogens with zero attached hydrogens (tertiary/aromatic N) is 1. The van der Waals surface area contributed by atoms with E-state index < -0.39 is 21.4 Å². The van der Waals surface area contributed by atoms with Crippen LogP contribution in [0.25, 0.3) is 0 Å². The minimum atomic E-state index is -3.72. The standard InChI is InChI=1S/C16H18NO4S/c1-12(2)13-3-5-14(6-4-13)16(18)11-22(20,21)15-7-9-17(19)10-8-15/h3-10,12,19H,11H2,1-2H3/q+1. The Balaban J connectivity index is 2.18. The van der Waals surface area contributed by atoms with E-state index in [4.69, 9.17) is 5.21 Å². The van der Waals surface area contributed by atoms with Crippen LogP contribution in [0.2, 0.25) is 0 Å². The fraction of sp³-hybridized carbons (Fsp3) is 0.250. The molecule has 1 aromatic heterocycles. The van der Waals surface area contributed by atoms with Gasteiger partial charge in [0.25, 0.3) is 0 Å². The SMILES string of the molecule is CC(C)c1ccc(C(=O)CS(=O)(=O)c2cc[n+](O)cc2)cc1. The third-order valence-electron chi connectivity index (χ3n) is 3.36. The first-order chi connectivity index (χ1) is 10.3. The number of pyridine rings is 1. The molecule has 0 saturated carbocycles. The lowest BCUT2D eigenvalue weighted by molar-refractivity contribution is -0.905. The molecule has 2 rings (SSSR count). The Kier molecular flexibility index (Phi) is 4.61. The van der Waals surface area contributed by atoms with Gasteiger partial charge >= 0.3 is 0 Å². The zero-order valence-electron chi connectivity index (χ0n) is 12.4. The summed E-state index contributed by atoms with van der Waals surface area (Å²) < 4.78 is 25.1. The van der Waals surface area contributed by atoms with Gasteiger partial charge in [-0.15, -0.1) is 0 Å². The fourth-order valence-electron chi connectivity index (χ4n) is 2.01. The van der Waals surface area contributed by atoms with E-state index in [1.165, 1.54) is 24.5 Å². The van der Waals surface area contributed by atoms with Gasteiger partial charge in [0.1, 0.15) is 5.75 Å². The molecule has 0 bridgehead atoms. The summed E-state index contributed by atoms with van der Waals surface area (Å²) in [6, 6.07) is 9.48. The Morgan fingerprint density at radius 2 is 1.64 bits per heavy atom. The van der Waals surface area contributed by atoms with Gasteiger partial charge < -0.3 is 0 Å². The van der Waals surface area contributed by atoms with Gasteiger partial charge in [-0.2, -0.15) is 0 Å². The van der Waals surface area contributed by atoms with Gasteiger partial charge in [-0.05, 0) is 11.5 Å². The lowest BCUT2D eigenvalue weighted by atomic mass is 10.0. The highest BCUT2D eigenvalue weighted by Crippen LogP contribution is 2.16. The second-order valence-corrected chi connectivity index (χ2v) is 7.36. The van der Waals surface area contributed by atoms with Crippen molar-refractivity contribution in [3.8, 4) is 0 Å². The maximum absolute atomic E-state index is 12.2. The van der Waals surface area contributed by atoms with Crippen LogP contribution in [0.3, 0.4) is 0 Å². The van der Waals surface area contributed by atoms with Crippen molar-refractivity contribution in [1.29, 1.82) is 0 Å². The summed E-state index contributed by atoms with van der Waals surface area (Å²) in [5.41, 5.74) is 1.47. The van der Waals surface area contributed by atoms with Crippen LogP contribution in [0, 0.1) is 0 Å². The zero-order chi connectivity index (χ0) is 16.3. The van der Waals surface area contributed by atoms with E-state index in [-0.39, 0.29) is 4.90 Å². The molecule has 0 fully saturated rings. The van der Waals surface area contributed by atoms with Gasteiger partial charge in [-0.1, -0.05) is 38.1 Å². The molecule has 0 amide bonds. The first-order valence-corrected chi connectivity index (χ1v) is 8.51. The van der Waals surface area contributed by atoms with Crippen LogP contribution in [0.15, 0.2) is 53.7 Å². The van der Waals surface area contributed by atoms with Gasteiger partial charge in [0, 0.05) is 22.4 Å². The Morgan fingerprint density at radius 3 is 2.14 bits per heavy atom. The Bertz CT molecular complexity index is 763. The molecule has 0 radical (unpaired) electrons. The molecule has 6 heteroatoms. The van der Waals surface area contributed by atoms with Crippen molar-refractivity contribution in [3.05, 3.63) is 59.9 Å². The van der Waals surface area contributed by atoms with Crippen molar-refractivity contribution in [2.45, 2.75) is 24.7 Å². The Labute approximate surface area is 129 Å². The van der Waals surface area contributed by atoms with Crippen molar-refractivity contribution in [3.63, 3.8) is 0 Å². The average molecular weight is 320 g/mol. The van der Waals surface area contributed by atoms with Crippen LogP contribution in [0.4, 0.5) is 0 Å². The molecule has 0 saturated heterocycles. The van der Waals surface area contributed by atoms with E-state index in [1.807, 2.05) is 26.0 Å². The van der Waals surface area contributed by atoms with Crippen LogP contribution < -0.4 is 4.73 Å². The van der Waals surface area contributed by atoms with Gasteiger partial charge in [0.05, 0.1) is 4.90 Å². The molecule has 0 aliphatic heterocycles. The predicted octanol–water partition coefficient (Wildman–Crippen LogP) is 1.99. The summed E-state index contributed by atoms with van der Waals surface area (Å²) in [4.78, 5) is 12.2. The summed E-state index contributed by atoms with van der Waals surface area (Å²) in [6.07, 6.45) is 2.41. The molecular weight excluding hydrogens is 302 g/mol. The smallest absolute Gasteiger partial charge is 0.223 e. The van der Waals surface area contributed by atoms with Crippen molar-refractivity contribution >= 4 is 15.6 Å². The molecule has 1 N–H and O–H groups in total. The maximum atomic E-state index is 12.2. The molecule has 0 aliphatic carbocycles. The van der Waals surface area contributed by atoms with Crippen molar-refractivity contribution in [2.24, 2.45) is 0 Å². The Hall–Kier alpha value is -2.21. The number of aromatic nitrogens is 1. The number of sulfone groups is 1. The topological polar surface area (TPSA) is 75.3 Å². The largest absolute Gasteiger partial charge is 0.293 e. The van der Waals surface area contributed by atoms with E-state index in [9.17, 15) is 13.2 Å². The zero-order valence-corrected chi connectivity index (χ0v) is 13.2. The molecule has 0 spiro atoms. The molecule has 2 aromatic rings. The number of rotatable bonds is 5. The number of hydrogen-bond donors (Lipinski definition) is 1. The minimum Gasteiger partial charge on any atom is -0.293 e. The van der Waals surface area contributed by atoms with E-state index in [0.29, 0.717) is 11.5 Å². The summed E-state index contributed by atoms with van der Waals surface area (Å²) in [6.45, 7) is 4.09. The van der Waals surface area contributed by atoms with E-state index in [1.54, 1.807) is 12.1 Å². The fourth-order valence-corrected chi connectivity index (χ4v) is 3.22. The third-order valence-corrected chi connectivity index (χ3v) is 5.00. The molecule has 1 aromatic carbocycles. The first-order valence-electron chi connectivity index (χ1n) is 6.86. The summed E-state index contributed by atoms with van der Waals surface area (Å²) in [7, 11) is -3.72. The van der Waals surface area contributed by atoms with Gasteiger partial charge in [0.2, 0.25) is 12.4 Å². The van der Waals surface area contributed by atoms with Crippen molar-refractivity contribution in [2.75, 3.05) is 5.75 Å². The highest BCUT2D eigenvalue weighted by atomic mass is 32.2. The van der Waals surface area contributed by atoms with Gasteiger partial charge in [-0.3, -0.25) is 10.0 Å². The van der Waals surface area contributed by atoms with Crippen LogP contribution in [0.1, 0.15) is 35.7 Å². The van der Waals surface area contributed by atoms with Crippen LogP contribution >= 0.6 is 0 Å². The van der Waals surface area contributed by atoms with E-state index in [0.717, 1.165) is 10.3 Å². The predicted molar refractivity (Wildman–Crippen MR) is 80.7 cm³/mol. The van der Waals surface area contributed by atoms with Crippen LogP contribution in [0.5, 0.6) is 0 Å². The first kappa shape index (κ1) is 16.2. The number of Topliss-reactive ketones (excluding diaryl/α,β-unsaturated/α-hetero) is 1. The normalized spacial score (nSPS) is 11.6. The molecular formula is C16H18NO4S+. The molecule has 0 unspecified atom stereocenters. The lowest BCUT2D eigenvalue weighted by Gasteiger charge is -2.07. The highest BCUT2D eigenvalue weighted by molar-refractivity contribution is 7.92. The van der Waals surface area contributed by atoms with Crippen molar-refractivity contribution < 1.29 is 23.1 Å². The minimum absolute atomic E-state index is 0.00458. The highest BCUT2D eigenvalue weighted by Gasteiger charge is 2.21. The van der Waals surface area contributed by atoms with Crippen molar-refractivity contribution in [1.82, 2.24) is 0 Å². The van der Waals surface area contributed by atoms with Gasteiger partial charge in [0.15, 0.2) is 15.6 Å². The summed E-state index contributed by atoms with van der Waals surface area (Å²) >= 11 is 0. The summed E-state index contributed by atoms with van der Waals surface area (Å²) in [5.74, 6) is -0.692. The molecule has 22 heavy (non-hydrogen) atoms. The number of ketones is 1. The quantitative estimate of drug-likeness (QED) is 0.519. The number of benzene rings is 1. The monoisotopic (exact) mass is 320 g/mol. The lowest BCUT2D eigenvalue weighted by Crippen LogP contribution is -2.28. The molecule has 0 atom stereocenters.